The Bertz CT molecular complexity index is 1280. The van der Waals surface area contributed by atoms with Gasteiger partial charge in [0.1, 0.15) is 0 Å². The topological polar surface area (TPSA) is 70.6 Å². The first-order chi connectivity index (χ1) is 15.9. The van der Waals surface area contributed by atoms with Crippen LogP contribution in [-0.2, 0) is 11.3 Å². The number of nitrogens with zero attached hydrogens (tertiary/aromatic N) is 3. The van der Waals surface area contributed by atoms with E-state index >= 15 is 0 Å². The van der Waals surface area contributed by atoms with E-state index < -0.39 is 5.97 Å². The SMILES string of the molecule is COC(=O)c1ccc2c(=O)n(CCCN3CCN(c4cccc(C)c4)C(C)C3)c(=S)[nH]c2c1. The fourth-order valence-corrected chi connectivity index (χ4v) is 4.87. The lowest BCUT2D eigenvalue weighted by Crippen LogP contribution is -2.52. The summed E-state index contributed by atoms with van der Waals surface area (Å²) in [6, 6.07) is 14.0. The summed E-state index contributed by atoms with van der Waals surface area (Å²) in [6.45, 7) is 8.83. The number of aromatic amines is 1. The van der Waals surface area contributed by atoms with Crippen LogP contribution in [0.4, 0.5) is 5.69 Å². The lowest BCUT2D eigenvalue weighted by Gasteiger charge is -2.41. The zero-order chi connectivity index (χ0) is 23.5. The first-order valence-corrected chi connectivity index (χ1v) is 11.7. The number of piperazine rings is 1. The van der Waals surface area contributed by atoms with E-state index in [1.165, 1.54) is 18.4 Å². The molecule has 0 aliphatic carbocycles. The summed E-state index contributed by atoms with van der Waals surface area (Å²) >= 11 is 5.44. The number of nitrogens with one attached hydrogen (secondary N) is 1. The lowest BCUT2D eigenvalue weighted by atomic mass is 10.1. The second-order valence-electron chi connectivity index (χ2n) is 8.67. The van der Waals surface area contributed by atoms with Gasteiger partial charge in [0, 0.05) is 37.9 Å². The van der Waals surface area contributed by atoms with Gasteiger partial charge in [0.2, 0.25) is 0 Å². The summed E-state index contributed by atoms with van der Waals surface area (Å²) < 4.78 is 6.74. The molecule has 0 bridgehead atoms. The maximum atomic E-state index is 13.0. The van der Waals surface area contributed by atoms with Crippen LogP contribution in [0, 0.1) is 11.7 Å². The third-order valence-corrected chi connectivity index (χ3v) is 6.63. The zero-order valence-corrected chi connectivity index (χ0v) is 20.2. The monoisotopic (exact) mass is 466 g/mol. The highest BCUT2D eigenvalue weighted by Gasteiger charge is 2.23. The van der Waals surface area contributed by atoms with Gasteiger partial charge in [0.15, 0.2) is 4.77 Å². The van der Waals surface area contributed by atoms with Gasteiger partial charge in [-0.15, -0.1) is 0 Å². The second kappa shape index (κ2) is 9.89. The number of carbonyl (C=O) groups excluding carboxylic acids is 1. The van der Waals surface area contributed by atoms with Crippen molar-refractivity contribution in [1.29, 1.82) is 0 Å². The van der Waals surface area contributed by atoms with Crippen molar-refractivity contribution in [2.45, 2.75) is 32.9 Å². The summed E-state index contributed by atoms with van der Waals surface area (Å²) in [4.78, 5) is 32.8. The van der Waals surface area contributed by atoms with E-state index in [2.05, 4.69) is 52.9 Å². The smallest absolute Gasteiger partial charge is 0.337 e. The molecule has 1 unspecified atom stereocenters. The maximum absolute atomic E-state index is 13.0. The highest BCUT2D eigenvalue weighted by atomic mass is 32.1. The number of hydrogen-bond donors (Lipinski definition) is 1. The molecule has 2 aromatic carbocycles. The van der Waals surface area contributed by atoms with Gasteiger partial charge in [-0.1, -0.05) is 12.1 Å². The Labute approximate surface area is 198 Å². The molecule has 174 valence electrons. The standard InChI is InChI=1S/C25H30N4O3S/c1-17-6-4-7-20(14-17)28-13-12-27(16-18(28)2)10-5-11-29-23(30)21-9-8-19(24(31)32-3)15-22(21)26-25(29)33/h4,6-9,14-15,18H,5,10-13,16H2,1-3H3,(H,26,33). The van der Waals surface area contributed by atoms with Crippen molar-refractivity contribution in [2.24, 2.45) is 0 Å². The zero-order valence-electron chi connectivity index (χ0n) is 19.3. The average Bonchev–Trinajstić information content (AvgIpc) is 2.80. The van der Waals surface area contributed by atoms with Crippen LogP contribution in [0.15, 0.2) is 47.3 Å². The lowest BCUT2D eigenvalue weighted by molar-refractivity contribution is 0.0601. The van der Waals surface area contributed by atoms with E-state index in [0.717, 1.165) is 32.6 Å². The van der Waals surface area contributed by atoms with Crippen LogP contribution in [0.25, 0.3) is 10.9 Å². The van der Waals surface area contributed by atoms with Gasteiger partial charge < -0.3 is 14.6 Å². The Hall–Kier alpha value is -2.97. The number of aryl methyl sites for hydroxylation is 1. The molecule has 33 heavy (non-hydrogen) atoms. The predicted molar refractivity (Wildman–Crippen MR) is 134 cm³/mol. The quantitative estimate of drug-likeness (QED) is 0.441. The molecule has 3 aromatic rings. The first-order valence-electron chi connectivity index (χ1n) is 11.3. The fourth-order valence-electron chi connectivity index (χ4n) is 4.58. The Morgan fingerprint density at radius 3 is 2.73 bits per heavy atom. The van der Waals surface area contributed by atoms with Gasteiger partial charge >= 0.3 is 5.97 Å². The van der Waals surface area contributed by atoms with E-state index in [4.69, 9.17) is 17.0 Å². The molecule has 1 N–H and O–H groups in total. The third kappa shape index (κ3) is 5.02. The van der Waals surface area contributed by atoms with Crippen molar-refractivity contribution >= 4 is 34.8 Å². The molecule has 0 saturated carbocycles. The number of carbonyl (C=O) groups is 1. The minimum absolute atomic E-state index is 0.136. The molecule has 0 amide bonds. The van der Waals surface area contributed by atoms with Gasteiger partial charge in [-0.3, -0.25) is 14.3 Å². The Kier molecular flexibility index (Phi) is 6.95. The summed E-state index contributed by atoms with van der Waals surface area (Å²) in [7, 11) is 1.33. The van der Waals surface area contributed by atoms with Crippen LogP contribution in [0.3, 0.4) is 0 Å². The van der Waals surface area contributed by atoms with Crippen LogP contribution in [-0.4, -0.2) is 59.8 Å². The van der Waals surface area contributed by atoms with E-state index in [0.29, 0.717) is 33.8 Å². The number of ether oxygens (including phenoxy) is 1. The van der Waals surface area contributed by atoms with E-state index in [1.807, 2.05) is 0 Å². The molecule has 8 heteroatoms. The predicted octanol–water partition coefficient (Wildman–Crippen LogP) is 3.75. The van der Waals surface area contributed by atoms with Gasteiger partial charge in [-0.25, -0.2) is 4.79 Å². The highest BCUT2D eigenvalue weighted by molar-refractivity contribution is 7.71. The number of aromatic nitrogens is 2. The largest absolute Gasteiger partial charge is 0.465 e. The fraction of sp³-hybridized carbons (Fsp3) is 0.400. The van der Waals surface area contributed by atoms with Crippen molar-refractivity contribution in [3.63, 3.8) is 0 Å². The van der Waals surface area contributed by atoms with Gasteiger partial charge in [0.25, 0.3) is 5.56 Å². The van der Waals surface area contributed by atoms with Crippen molar-refractivity contribution in [2.75, 3.05) is 38.2 Å². The molecule has 1 fully saturated rings. The molecule has 0 spiro atoms. The Morgan fingerprint density at radius 2 is 2.00 bits per heavy atom. The summed E-state index contributed by atoms with van der Waals surface area (Å²) in [5, 5.41) is 0.511. The van der Waals surface area contributed by atoms with Crippen molar-refractivity contribution in [1.82, 2.24) is 14.5 Å². The summed E-state index contributed by atoms with van der Waals surface area (Å²) in [5.74, 6) is -0.447. The molecule has 4 rings (SSSR count). The molecule has 1 aromatic heterocycles. The molecule has 1 atom stereocenters. The number of rotatable bonds is 6. The summed E-state index contributed by atoms with van der Waals surface area (Å²) in [6.07, 6.45) is 0.834. The molecular weight excluding hydrogens is 436 g/mol. The van der Waals surface area contributed by atoms with Gasteiger partial charge in [0.05, 0.1) is 23.6 Å². The normalized spacial score (nSPS) is 16.8. The van der Waals surface area contributed by atoms with Crippen LogP contribution < -0.4 is 10.5 Å². The van der Waals surface area contributed by atoms with Crippen LogP contribution in [0.2, 0.25) is 0 Å². The molecule has 1 saturated heterocycles. The number of fused-ring (bicyclic) bond motifs is 1. The summed E-state index contributed by atoms with van der Waals surface area (Å²) in [5.41, 5.74) is 3.35. The first kappa shape index (κ1) is 23.2. The molecule has 1 aliphatic rings. The average molecular weight is 467 g/mol. The molecule has 0 radical (unpaired) electrons. The van der Waals surface area contributed by atoms with E-state index in [9.17, 15) is 9.59 Å². The van der Waals surface area contributed by atoms with Crippen molar-refractivity contribution in [3.8, 4) is 0 Å². The molecular formula is C25H30N4O3S. The molecule has 2 heterocycles. The third-order valence-electron chi connectivity index (χ3n) is 6.30. The second-order valence-corrected chi connectivity index (χ2v) is 9.06. The van der Waals surface area contributed by atoms with Gasteiger partial charge in [-0.2, -0.15) is 0 Å². The number of hydrogen-bond acceptors (Lipinski definition) is 6. The minimum Gasteiger partial charge on any atom is -0.465 e. The Morgan fingerprint density at radius 1 is 1.18 bits per heavy atom. The Balaban J connectivity index is 1.40. The number of benzene rings is 2. The number of methoxy groups -OCH3 is 1. The minimum atomic E-state index is -0.447. The maximum Gasteiger partial charge on any atom is 0.337 e. The van der Waals surface area contributed by atoms with Crippen LogP contribution in [0.5, 0.6) is 0 Å². The molecule has 1 aliphatic heterocycles. The van der Waals surface area contributed by atoms with E-state index in [-0.39, 0.29) is 5.56 Å². The molecule has 7 nitrogen and oxygen atoms in total. The number of esters is 1. The number of anilines is 1. The number of H-pyrrole nitrogens is 1. The highest BCUT2D eigenvalue weighted by Crippen LogP contribution is 2.21. The van der Waals surface area contributed by atoms with Crippen molar-refractivity contribution in [3.05, 3.63) is 68.7 Å². The van der Waals surface area contributed by atoms with Crippen molar-refractivity contribution < 1.29 is 9.53 Å². The van der Waals surface area contributed by atoms with Crippen LogP contribution >= 0.6 is 12.2 Å². The van der Waals surface area contributed by atoms with Gasteiger partial charge in [-0.05, 0) is 74.9 Å². The van der Waals surface area contributed by atoms with E-state index in [1.54, 1.807) is 22.8 Å². The van der Waals surface area contributed by atoms with Crippen LogP contribution in [0.1, 0.15) is 29.3 Å².